The van der Waals surface area contributed by atoms with Crippen LogP contribution in [0.2, 0.25) is 0 Å². The molecule has 136 valence electrons. The number of hydrogen-bond donors (Lipinski definition) is 1. The number of nitrogens with two attached hydrogens (primary N) is 1. The lowest BCUT2D eigenvalue weighted by Gasteiger charge is -2.09. The molecule has 4 rings (SSSR count). The number of nitrogen functional groups attached to an aromatic ring is 1. The van der Waals surface area contributed by atoms with Gasteiger partial charge in [0.15, 0.2) is 23.0 Å². The summed E-state index contributed by atoms with van der Waals surface area (Å²) in [6, 6.07) is 4.55. The van der Waals surface area contributed by atoms with E-state index in [2.05, 4.69) is 10.2 Å². The van der Waals surface area contributed by atoms with Crippen molar-refractivity contribution in [2.45, 2.75) is 6.18 Å². The first-order chi connectivity index (χ1) is 12.3. The van der Waals surface area contributed by atoms with E-state index in [-0.39, 0.29) is 29.6 Å². The van der Waals surface area contributed by atoms with Gasteiger partial charge < -0.3 is 15.2 Å². The summed E-state index contributed by atoms with van der Waals surface area (Å²) in [7, 11) is 1.65. The lowest BCUT2D eigenvalue weighted by molar-refractivity contribution is -0.140. The molecule has 3 aromatic rings. The molecule has 26 heavy (non-hydrogen) atoms. The minimum Gasteiger partial charge on any atom is -0.454 e. The molecule has 1 aliphatic heterocycles. The van der Waals surface area contributed by atoms with Gasteiger partial charge in [-0.25, -0.2) is 0 Å². The van der Waals surface area contributed by atoms with Crippen molar-refractivity contribution in [2.75, 3.05) is 12.5 Å². The van der Waals surface area contributed by atoms with Crippen LogP contribution in [0, 0.1) is 3.57 Å². The van der Waals surface area contributed by atoms with Crippen LogP contribution in [0.25, 0.3) is 16.9 Å². The fraction of sp³-hybridized carbons (Fsp3) is 0.200. The van der Waals surface area contributed by atoms with Gasteiger partial charge in [0, 0.05) is 19.3 Å². The average molecular weight is 477 g/mol. The third-order valence-electron chi connectivity index (χ3n) is 3.82. The van der Waals surface area contributed by atoms with Crippen LogP contribution in [0.1, 0.15) is 5.69 Å². The zero-order valence-electron chi connectivity index (χ0n) is 13.2. The molecule has 0 bridgehead atoms. The Balaban J connectivity index is 1.96. The molecule has 0 saturated carbocycles. The highest BCUT2D eigenvalue weighted by Gasteiger charge is 2.40. The Morgan fingerprint density at radius 3 is 2.65 bits per heavy atom. The number of rotatable bonds is 2. The first kappa shape index (κ1) is 17.0. The van der Waals surface area contributed by atoms with Crippen LogP contribution in [0.15, 0.2) is 24.4 Å². The summed E-state index contributed by atoms with van der Waals surface area (Å²) >= 11 is 1.97. The molecule has 2 aromatic heterocycles. The minimum absolute atomic E-state index is 0.0175. The Morgan fingerprint density at radius 1 is 1.23 bits per heavy atom. The van der Waals surface area contributed by atoms with Crippen LogP contribution >= 0.6 is 22.6 Å². The number of fused-ring (bicyclic) bond motifs is 1. The number of ether oxygens (including phenoxy) is 2. The highest BCUT2D eigenvalue weighted by molar-refractivity contribution is 14.1. The van der Waals surface area contributed by atoms with E-state index in [0.717, 1.165) is 4.68 Å². The second-order valence-electron chi connectivity index (χ2n) is 5.56. The summed E-state index contributed by atoms with van der Waals surface area (Å²) in [6.45, 7) is 0.0175. The molecule has 1 aromatic carbocycles. The van der Waals surface area contributed by atoms with Gasteiger partial charge in [0.05, 0.1) is 9.13 Å². The number of aryl methyl sites for hydroxylation is 1. The molecule has 1 aliphatic rings. The summed E-state index contributed by atoms with van der Waals surface area (Å²) < 4.78 is 54.5. The molecule has 2 N–H and O–H groups in total. The third kappa shape index (κ3) is 2.66. The van der Waals surface area contributed by atoms with Crippen LogP contribution in [-0.4, -0.2) is 26.4 Å². The van der Waals surface area contributed by atoms with Gasteiger partial charge in [0.1, 0.15) is 5.82 Å². The fourth-order valence-corrected chi connectivity index (χ4v) is 3.47. The lowest BCUT2D eigenvalue weighted by Crippen LogP contribution is -2.09. The molecule has 0 saturated heterocycles. The van der Waals surface area contributed by atoms with Gasteiger partial charge in [-0.15, -0.1) is 0 Å². The third-order valence-corrected chi connectivity index (χ3v) is 4.62. The van der Waals surface area contributed by atoms with Gasteiger partial charge in [0.25, 0.3) is 0 Å². The topological polar surface area (TPSA) is 80.1 Å². The van der Waals surface area contributed by atoms with Gasteiger partial charge in [-0.3, -0.25) is 4.68 Å². The van der Waals surface area contributed by atoms with Gasteiger partial charge in [0.2, 0.25) is 6.79 Å². The highest BCUT2D eigenvalue weighted by Crippen LogP contribution is 2.45. The fourth-order valence-electron chi connectivity index (χ4n) is 2.72. The average Bonchev–Trinajstić information content (AvgIpc) is 3.24. The van der Waals surface area contributed by atoms with Gasteiger partial charge in [-0.05, 0) is 40.3 Å². The van der Waals surface area contributed by atoms with Crippen LogP contribution in [0.4, 0.5) is 19.0 Å². The molecule has 0 atom stereocenters. The number of benzene rings is 1. The SMILES string of the molecule is Cn1ccc(-n2nc(C(F)(F)F)c(-c3cc(I)c4c(c3)OCO4)c2N)n1. The second kappa shape index (κ2) is 5.79. The predicted octanol–water partition coefficient (Wildman–Crippen LogP) is 3.21. The molecule has 3 heterocycles. The smallest absolute Gasteiger partial charge is 0.435 e. The zero-order valence-corrected chi connectivity index (χ0v) is 15.4. The molecule has 11 heteroatoms. The summed E-state index contributed by atoms with van der Waals surface area (Å²) in [5.41, 5.74) is 4.98. The minimum atomic E-state index is -4.69. The van der Waals surface area contributed by atoms with Crippen molar-refractivity contribution in [3.63, 3.8) is 0 Å². The van der Waals surface area contributed by atoms with E-state index in [9.17, 15) is 13.2 Å². The highest BCUT2D eigenvalue weighted by atomic mass is 127. The van der Waals surface area contributed by atoms with E-state index < -0.39 is 11.9 Å². The van der Waals surface area contributed by atoms with Gasteiger partial charge >= 0.3 is 6.18 Å². The Hall–Kier alpha value is -2.44. The van der Waals surface area contributed by atoms with E-state index >= 15 is 0 Å². The van der Waals surface area contributed by atoms with Crippen molar-refractivity contribution in [3.05, 3.63) is 33.7 Å². The van der Waals surface area contributed by atoms with E-state index in [1.54, 1.807) is 19.3 Å². The second-order valence-corrected chi connectivity index (χ2v) is 6.72. The quantitative estimate of drug-likeness (QED) is 0.574. The van der Waals surface area contributed by atoms with Crippen molar-refractivity contribution >= 4 is 28.4 Å². The van der Waals surface area contributed by atoms with Crippen LogP contribution in [0.3, 0.4) is 0 Å². The Bertz CT molecular complexity index is 1010. The van der Waals surface area contributed by atoms with Crippen molar-refractivity contribution in [1.82, 2.24) is 19.6 Å². The van der Waals surface area contributed by atoms with Crippen molar-refractivity contribution < 1.29 is 22.6 Å². The largest absolute Gasteiger partial charge is 0.454 e. The van der Waals surface area contributed by atoms with Crippen LogP contribution < -0.4 is 15.2 Å². The molecule has 0 spiro atoms. The maximum Gasteiger partial charge on any atom is 0.435 e. The van der Waals surface area contributed by atoms with Gasteiger partial charge in [-0.2, -0.15) is 28.1 Å². The monoisotopic (exact) mass is 477 g/mol. The first-order valence-corrected chi connectivity index (χ1v) is 8.39. The molecule has 0 fully saturated rings. The molecular weight excluding hydrogens is 466 g/mol. The number of aromatic nitrogens is 4. The van der Waals surface area contributed by atoms with Crippen molar-refractivity contribution in [1.29, 1.82) is 0 Å². The molecule has 0 radical (unpaired) electrons. The normalized spacial score (nSPS) is 13.4. The Labute approximate surface area is 158 Å². The molecule has 0 aliphatic carbocycles. The predicted molar refractivity (Wildman–Crippen MR) is 94.0 cm³/mol. The summed E-state index contributed by atoms with van der Waals surface area (Å²) in [4.78, 5) is 0. The Morgan fingerprint density at radius 2 is 2.00 bits per heavy atom. The van der Waals surface area contributed by atoms with E-state index in [1.165, 1.54) is 16.8 Å². The number of hydrogen-bond acceptors (Lipinski definition) is 5. The number of alkyl halides is 3. The van der Waals surface area contributed by atoms with Gasteiger partial charge in [-0.1, -0.05) is 0 Å². The molecule has 7 nitrogen and oxygen atoms in total. The first-order valence-electron chi connectivity index (χ1n) is 7.31. The summed E-state index contributed by atoms with van der Waals surface area (Å²) in [5, 5.41) is 7.75. The Kier molecular flexibility index (Phi) is 3.78. The summed E-state index contributed by atoms with van der Waals surface area (Å²) in [5.74, 6) is 0.895. The zero-order chi connectivity index (χ0) is 18.6. The number of anilines is 1. The molecular formula is C15H11F3IN5O2. The van der Waals surface area contributed by atoms with E-state index in [1.807, 2.05) is 22.6 Å². The van der Waals surface area contributed by atoms with E-state index in [4.69, 9.17) is 15.2 Å². The number of nitrogens with zero attached hydrogens (tertiary/aromatic N) is 4. The van der Waals surface area contributed by atoms with Crippen LogP contribution in [0.5, 0.6) is 11.5 Å². The van der Waals surface area contributed by atoms with E-state index in [0.29, 0.717) is 15.1 Å². The summed E-state index contributed by atoms with van der Waals surface area (Å²) in [6.07, 6.45) is -3.10. The maximum absolute atomic E-state index is 13.6. The van der Waals surface area contributed by atoms with Crippen LogP contribution in [-0.2, 0) is 13.2 Å². The lowest BCUT2D eigenvalue weighted by atomic mass is 10.0. The van der Waals surface area contributed by atoms with Crippen molar-refractivity contribution in [3.8, 4) is 28.4 Å². The molecule has 0 amide bonds. The number of halogens is 4. The van der Waals surface area contributed by atoms with Crippen molar-refractivity contribution in [2.24, 2.45) is 7.05 Å². The standard InChI is InChI=1S/C15H11F3IN5O2/c1-23-3-2-10(21-23)24-14(20)11(13(22-24)15(16,17)18)7-4-8(19)12-9(5-7)25-6-26-12/h2-5H,6,20H2,1H3. The molecule has 0 unspecified atom stereocenters. The maximum atomic E-state index is 13.6.